The van der Waals surface area contributed by atoms with E-state index in [2.05, 4.69) is 12.1 Å². The number of carbonyl (C=O) groups excluding carboxylic acids is 1. The monoisotopic (exact) mass is 261 g/mol. The van der Waals surface area contributed by atoms with Crippen molar-refractivity contribution in [3.05, 3.63) is 35.4 Å². The maximum atomic E-state index is 11.9. The third-order valence-electron chi connectivity index (χ3n) is 3.56. The maximum absolute atomic E-state index is 11.9. The molecule has 2 rings (SSSR count). The summed E-state index contributed by atoms with van der Waals surface area (Å²) in [6, 6.07) is 8.24. The summed E-state index contributed by atoms with van der Waals surface area (Å²) in [4.78, 5) is 11.9. The molecule has 0 amide bonds. The first-order valence-corrected chi connectivity index (χ1v) is 7.02. The number of benzene rings is 1. The molecule has 0 aromatic heterocycles. The van der Waals surface area contributed by atoms with Crippen molar-refractivity contribution < 1.29 is 9.53 Å². The molecule has 1 aromatic rings. The van der Waals surface area contributed by atoms with E-state index in [9.17, 15) is 4.79 Å². The van der Waals surface area contributed by atoms with Crippen LogP contribution < -0.4 is 5.73 Å². The van der Waals surface area contributed by atoms with Gasteiger partial charge in [-0.2, -0.15) is 0 Å². The number of hydrogen-bond donors (Lipinski definition) is 1. The second-order valence-electron chi connectivity index (χ2n) is 6.06. The highest BCUT2D eigenvalue weighted by Gasteiger charge is 2.23. The summed E-state index contributed by atoms with van der Waals surface area (Å²) < 4.78 is 5.62. The summed E-state index contributed by atoms with van der Waals surface area (Å²) in [6.45, 7) is 3.85. The van der Waals surface area contributed by atoms with E-state index < -0.39 is 0 Å². The van der Waals surface area contributed by atoms with E-state index in [0.29, 0.717) is 12.8 Å². The number of ether oxygens (including phenoxy) is 1. The van der Waals surface area contributed by atoms with E-state index in [0.717, 1.165) is 19.3 Å². The van der Waals surface area contributed by atoms with Crippen LogP contribution in [0.4, 0.5) is 0 Å². The number of fused-ring (bicyclic) bond motifs is 1. The lowest BCUT2D eigenvalue weighted by Gasteiger charge is -2.26. The number of rotatable bonds is 4. The molecule has 1 unspecified atom stereocenters. The highest BCUT2D eigenvalue weighted by Crippen LogP contribution is 2.32. The molecule has 0 fully saturated rings. The molecule has 1 atom stereocenters. The van der Waals surface area contributed by atoms with Crippen LogP contribution in [0.25, 0.3) is 0 Å². The Labute approximate surface area is 115 Å². The Hall–Kier alpha value is -1.35. The fourth-order valence-electron chi connectivity index (χ4n) is 2.47. The minimum atomic E-state index is -0.316. The molecule has 0 bridgehead atoms. The van der Waals surface area contributed by atoms with Gasteiger partial charge < -0.3 is 10.5 Å². The van der Waals surface area contributed by atoms with Gasteiger partial charge in [0.05, 0.1) is 0 Å². The quantitative estimate of drug-likeness (QED) is 0.847. The molecule has 3 nitrogen and oxygen atoms in total. The zero-order chi connectivity index (χ0) is 13.9. The van der Waals surface area contributed by atoms with E-state index in [4.69, 9.17) is 10.5 Å². The molecule has 0 spiro atoms. The van der Waals surface area contributed by atoms with E-state index in [1.807, 2.05) is 26.0 Å². The topological polar surface area (TPSA) is 52.3 Å². The molecule has 3 heteroatoms. The van der Waals surface area contributed by atoms with Crippen molar-refractivity contribution in [3.8, 4) is 0 Å². The van der Waals surface area contributed by atoms with Gasteiger partial charge in [-0.3, -0.25) is 4.79 Å². The number of nitrogens with two attached hydrogens (primary N) is 1. The van der Waals surface area contributed by atoms with Crippen LogP contribution >= 0.6 is 0 Å². The zero-order valence-corrected chi connectivity index (χ0v) is 11.8. The Bertz CT molecular complexity index is 448. The Balaban J connectivity index is 1.95. The maximum Gasteiger partial charge on any atom is 0.306 e. The van der Waals surface area contributed by atoms with Crippen molar-refractivity contribution in [2.24, 2.45) is 5.73 Å². The predicted octanol–water partition coefficient (Wildman–Crippen LogP) is 3.12. The Morgan fingerprint density at radius 2 is 2.16 bits per heavy atom. The highest BCUT2D eigenvalue weighted by atomic mass is 16.5. The summed E-state index contributed by atoms with van der Waals surface area (Å²) in [7, 11) is 0. The van der Waals surface area contributed by atoms with Gasteiger partial charge in [0.15, 0.2) is 0 Å². The highest BCUT2D eigenvalue weighted by molar-refractivity contribution is 5.70. The van der Waals surface area contributed by atoms with E-state index >= 15 is 0 Å². The molecule has 0 radical (unpaired) electrons. The number of esters is 1. The standard InChI is InChI=1S/C16H23NO2/c1-16(2,17)11-10-15(18)19-14-9-5-7-12-6-3-4-8-13(12)14/h3-4,6,8,14H,5,7,9-11,17H2,1-2H3. The van der Waals surface area contributed by atoms with Gasteiger partial charge >= 0.3 is 5.97 Å². The molecule has 0 heterocycles. The molecule has 0 saturated carbocycles. The average molecular weight is 261 g/mol. The number of hydrogen-bond acceptors (Lipinski definition) is 3. The Morgan fingerprint density at radius 1 is 1.42 bits per heavy atom. The van der Waals surface area contributed by atoms with Crippen molar-refractivity contribution in [2.75, 3.05) is 0 Å². The third kappa shape index (κ3) is 4.06. The van der Waals surface area contributed by atoms with Crippen LogP contribution in [0.2, 0.25) is 0 Å². The van der Waals surface area contributed by atoms with Crippen molar-refractivity contribution >= 4 is 5.97 Å². The molecule has 1 aromatic carbocycles. The van der Waals surface area contributed by atoms with Crippen LogP contribution in [-0.2, 0) is 16.0 Å². The largest absolute Gasteiger partial charge is 0.457 e. The lowest BCUT2D eigenvalue weighted by molar-refractivity contribution is -0.150. The SMILES string of the molecule is CC(C)(N)CCC(=O)OC1CCCc2ccccc21. The summed E-state index contributed by atoms with van der Waals surface area (Å²) in [5.74, 6) is -0.139. The minimum Gasteiger partial charge on any atom is -0.457 e. The average Bonchev–Trinajstić information content (AvgIpc) is 2.36. The molecule has 19 heavy (non-hydrogen) atoms. The summed E-state index contributed by atoms with van der Waals surface area (Å²) >= 11 is 0. The van der Waals surface area contributed by atoms with Crippen LogP contribution in [-0.4, -0.2) is 11.5 Å². The van der Waals surface area contributed by atoms with Gasteiger partial charge in [-0.1, -0.05) is 24.3 Å². The molecule has 2 N–H and O–H groups in total. The van der Waals surface area contributed by atoms with Crippen molar-refractivity contribution in [1.29, 1.82) is 0 Å². The predicted molar refractivity (Wildman–Crippen MR) is 75.7 cm³/mol. The molecule has 0 aliphatic heterocycles. The molecule has 104 valence electrons. The Kier molecular flexibility index (Phi) is 4.25. The van der Waals surface area contributed by atoms with Gasteiger partial charge in [0.25, 0.3) is 0 Å². The summed E-state index contributed by atoms with van der Waals surface area (Å²) in [6.07, 6.45) is 4.06. The third-order valence-corrected chi connectivity index (χ3v) is 3.56. The van der Waals surface area contributed by atoms with Crippen LogP contribution in [0.1, 0.15) is 56.8 Å². The second-order valence-corrected chi connectivity index (χ2v) is 6.06. The van der Waals surface area contributed by atoms with Crippen molar-refractivity contribution in [1.82, 2.24) is 0 Å². The van der Waals surface area contributed by atoms with E-state index in [-0.39, 0.29) is 17.6 Å². The van der Waals surface area contributed by atoms with Crippen LogP contribution in [0.15, 0.2) is 24.3 Å². The molecular formula is C16H23NO2. The lowest BCUT2D eigenvalue weighted by atomic mass is 9.89. The molecular weight excluding hydrogens is 238 g/mol. The van der Waals surface area contributed by atoms with Gasteiger partial charge in [-0.05, 0) is 50.7 Å². The Morgan fingerprint density at radius 3 is 2.89 bits per heavy atom. The molecule has 1 aliphatic carbocycles. The van der Waals surface area contributed by atoms with Crippen LogP contribution in [0, 0.1) is 0 Å². The lowest BCUT2D eigenvalue weighted by Crippen LogP contribution is -2.32. The van der Waals surface area contributed by atoms with E-state index in [1.54, 1.807) is 0 Å². The van der Waals surface area contributed by atoms with E-state index in [1.165, 1.54) is 11.1 Å². The minimum absolute atomic E-state index is 0.0710. The van der Waals surface area contributed by atoms with Gasteiger partial charge in [-0.25, -0.2) is 0 Å². The van der Waals surface area contributed by atoms with Crippen LogP contribution in [0.3, 0.4) is 0 Å². The first kappa shape index (κ1) is 14.1. The number of carbonyl (C=O) groups is 1. The first-order valence-electron chi connectivity index (χ1n) is 7.02. The van der Waals surface area contributed by atoms with Gasteiger partial charge in [0.2, 0.25) is 0 Å². The summed E-state index contributed by atoms with van der Waals surface area (Å²) in [5.41, 5.74) is 8.06. The first-order chi connectivity index (χ1) is 8.96. The zero-order valence-electron chi connectivity index (χ0n) is 11.8. The van der Waals surface area contributed by atoms with Crippen molar-refractivity contribution in [2.45, 2.75) is 57.6 Å². The van der Waals surface area contributed by atoms with Crippen molar-refractivity contribution in [3.63, 3.8) is 0 Å². The molecule has 0 saturated heterocycles. The fraction of sp³-hybridized carbons (Fsp3) is 0.562. The van der Waals surface area contributed by atoms with Gasteiger partial charge in [0.1, 0.15) is 6.10 Å². The molecule has 1 aliphatic rings. The van der Waals surface area contributed by atoms with Gasteiger partial charge in [-0.15, -0.1) is 0 Å². The van der Waals surface area contributed by atoms with Gasteiger partial charge in [0, 0.05) is 12.0 Å². The second kappa shape index (κ2) is 5.74. The van der Waals surface area contributed by atoms with Crippen LogP contribution in [0.5, 0.6) is 0 Å². The number of aryl methyl sites for hydroxylation is 1. The fourth-order valence-corrected chi connectivity index (χ4v) is 2.47. The smallest absolute Gasteiger partial charge is 0.306 e. The summed E-state index contributed by atoms with van der Waals surface area (Å²) in [5, 5.41) is 0. The normalized spacial score (nSPS) is 18.8.